The van der Waals surface area contributed by atoms with Gasteiger partial charge in [0.25, 0.3) is 5.69 Å². The third kappa shape index (κ3) is 2.47. The van der Waals surface area contributed by atoms with Crippen molar-refractivity contribution in [2.75, 3.05) is 11.4 Å². The van der Waals surface area contributed by atoms with Gasteiger partial charge >= 0.3 is 0 Å². The van der Waals surface area contributed by atoms with Crippen LogP contribution < -0.4 is 10.0 Å². The molecular weight excluding hydrogens is 293 g/mol. The van der Waals surface area contributed by atoms with Crippen molar-refractivity contribution in [3.05, 3.63) is 34.1 Å². The van der Waals surface area contributed by atoms with Gasteiger partial charge in [0.05, 0.1) is 4.92 Å². The number of carbonyl (C=O) groups excluding carboxylic acids is 1. The summed E-state index contributed by atoms with van der Waals surface area (Å²) in [5.41, 5.74) is -1.14. The second kappa shape index (κ2) is 4.80. The van der Waals surface area contributed by atoms with E-state index in [4.69, 9.17) is 5.14 Å². The predicted octanol–water partition coefficient (Wildman–Crippen LogP) is 0.128. The number of para-hydroxylation sites is 1. The lowest BCUT2D eigenvalue weighted by Gasteiger charge is -2.16. The second-order valence-electron chi connectivity index (χ2n) is 4.28. The lowest BCUT2D eigenvalue weighted by Crippen LogP contribution is -2.32. The van der Waals surface area contributed by atoms with Gasteiger partial charge in [0, 0.05) is 19.0 Å². The summed E-state index contributed by atoms with van der Waals surface area (Å²) in [5.74, 6) is -1.69. The molecule has 1 heterocycles. The van der Waals surface area contributed by atoms with Crippen molar-refractivity contribution in [2.45, 2.75) is 11.7 Å². The number of carbonyl (C=O) groups is 1. The van der Waals surface area contributed by atoms with Crippen LogP contribution in [0.4, 0.5) is 15.8 Å². The van der Waals surface area contributed by atoms with Gasteiger partial charge in [-0.2, -0.15) is 0 Å². The number of hydrogen-bond donors (Lipinski definition) is 1. The van der Waals surface area contributed by atoms with E-state index in [9.17, 15) is 27.7 Å². The van der Waals surface area contributed by atoms with E-state index in [0.717, 1.165) is 23.1 Å². The molecule has 8 nitrogen and oxygen atoms in total. The first kappa shape index (κ1) is 14.3. The maximum absolute atomic E-state index is 13.8. The second-order valence-corrected chi connectivity index (χ2v) is 6.13. The maximum atomic E-state index is 13.8. The summed E-state index contributed by atoms with van der Waals surface area (Å²) in [6.07, 6.45) is -0.426. The molecule has 0 saturated carbocycles. The third-order valence-electron chi connectivity index (χ3n) is 2.99. The minimum atomic E-state index is -3.98. The molecule has 1 amide bonds. The van der Waals surface area contributed by atoms with Gasteiger partial charge in [0.2, 0.25) is 15.9 Å². The number of anilines is 1. The zero-order chi connectivity index (χ0) is 15.1. The molecule has 2 rings (SSSR count). The number of hydrogen-bond acceptors (Lipinski definition) is 5. The Morgan fingerprint density at radius 2 is 2.10 bits per heavy atom. The van der Waals surface area contributed by atoms with Crippen LogP contribution in [0.15, 0.2) is 18.2 Å². The summed E-state index contributed by atoms with van der Waals surface area (Å²) >= 11 is 0. The zero-order valence-corrected chi connectivity index (χ0v) is 10.8. The Labute approximate surface area is 113 Å². The minimum Gasteiger partial charge on any atom is -0.303 e. The van der Waals surface area contributed by atoms with Crippen molar-refractivity contribution >= 4 is 27.3 Å². The minimum absolute atomic E-state index is 0.403. The molecule has 2 N–H and O–H groups in total. The molecule has 1 atom stereocenters. The molecule has 1 fully saturated rings. The molecule has 1 aliphatic heterocycles. The smallest absolute Gasteiger partial charge is 0.296 e. The molecule has 10 heteroatoms. The molecule has 0 bridgehead atoms. The Morgan fingerprint density at radius 1 is 1.45 bits per heavy atom. The van der Waals surface area contributed by atoms with Crippen LogP contribution in [0.2, 0.25) is 0 Å². The van der Waals surface area contributed by atoms with Gasteiger partial charge in [-0.1, -0.05) is 6.07 Å². The lowest BCUT2D eigenvalue weighted by molar-refractivity contribution is -0.384. The van der Waals surface area contributed by atoms with E-state index >= 15 is 0 Å². The van der Waals surface area contributed by atoms with Crippen LogP contribution in [-0.2, 0) is 14.8 Å². The van der Waals surface area contributed by atoms with Crippen molar-refractivity contribution in [3.8, 4) is 0 Å². The monoisotopic (exact) mass is 303 g/mol. The fourth-order valence-corrected chi connectivity index (χ4v) is 2.76. The summed E-state index contributed by atoms with van der Waals surface area (Å²) < 4.78 is 36.2. The Bertz CT molecular complexity index is 690. The Morgan fingerprint density at radius 3 is 2.60 bits per heavy atom. The third-order valence-corrected chi connectivity index (χ3v) is 4.23. The quantitative estimate of drug-likeness (QED) is 0.627. The van der Waals surface area contributed by atoms with Gasteiger partial charge in [-0.05, 0) is 6.07 Å². The van der Waals surface area contributed by atoms with Crippen LogP contribution in [-0.4, -0.2) is 31.0 Å². The first-order valence-corrected chi connectivity index (χ1v) is 7.07. The van der Waals surface area contributed by atoms with Crippen LogP contribution in [0.1, 0.15) is 6.42 Å². The van der Waals surface area contributed by atoms with Gasteiger partial charge in [-0.25, -0.2) is 17.9 Å². The number of amides is 1. The van der Waals surface area contributed by atoms with Crippen molar-refractivity contribution in [2.24, 2.45) is 5.14 Å². The fraction of sp³-hybridized carbons (Fsp3) is 0.300. The molecule has 20 heavy (non-hydrogen) atoms. The molecule has 108 valence electrons. The van der Waals surface area contributed by atoms with E-state index in [-0.39, 0.29) is 0 Å². The molecule has 1 unspecified atom stereocenters. The molecule has 0 radical (unpaired) electrons. The maximum Gasteiger partial charge on any atom is 0.296 e. The average molecular weight is 303 g/mol. The largest absolute Gasteiger partial charge is 0.303 e. The fourth-order valence-electron chi connectivity index (χ4n) is 2.03. The number of nitrogens with zero attached hydrogens (tertiary/aromatic N) is 2. The van der Waals surface area contributed by atoms with Crippen molar-refractivity contribution in [1.29, 1.82) is 0 Å². The Balaban J connectivity index is 2.48. The lowest BCUT2D eigenvalue weighted by atomic mass is 10.2. The van der Waals surface area contributed by atoms with E-state index in [0.29, 0.717) is 0 Å². The molecule has 1 aromatic carbocycles. The van der Waals surface area contributed by atoms with Gasteiger partial charge in [-0.3, -0.25) is 14.9 Å². The Hall–Kier alpha value is -2.07. The first-order valence-electron chi connectivity index (χ1n) is 5.46. The molecule has 0 aliphatic carbocycles. The van der Waals surface area contributed by atoms with Gasteiger partial charge in [0.1, 0.15) is 5.25 Å². The highest BCUT2D eigenvalue weighted by Gasteiger charge is 2.40. The summed E-state index contributed by atoms with van der Waals surface area (Å²) in [7, 11) is -3.98. The number of nitro groups is 1. The van der Waals surface area contributed by atoms with Crippen LogP contribution in [0.3, 0.4) is 0 Å². The van der Waals surface area contributed by atoms with E-state index < -0.39 is 56.3 Å². The number of halogens is 1. The molecular formula is C10H10FN3O5S. The van der Waals surface area contributed by atoms with Crippen LogP contribution in [0.5, 0.6) is 0 Å². The van der Waals surface area contributed by atoms with E-state index in [1.807, 2.05) is 0 Å². The van der Waals surface area contributed by atoms with Gasteiger partial charge in [-0.15, -0.1) is 0 Å². The van der Waals surface area contributed by atoms with E-state index in [1.165, 1.54) is 0 Å². The summed E-state index contributed by atoms with van der Waals surface area (Å²) in [6.45, 7) is -0.403. The number of sulfonamides is 1. The van der Waals surface area contributed by atoms with Crippen molar-refractivity contribution < 1.29 is 22.5 Å². The van der Waals surface area contributed by atoms with Gasteiger partial charge in [0.15, 0.2) is 11.5 Å². The standard InChI is InChI=1S/C10H10FN3O5S/c11-7-2-1-3-8(14(16)17)10(7)13-5-6(4-9(13)15)20(12,18)19/h1-3,6H,4-5H2,(H2,12,18,19). The number of primary sulfonamides is 1. The number of benzene rings is 1. The van der Waals surface area contributed by atoms with Crippen LogP contribution in [0, 0.1) is 15.9 Å². The average Bonchev–Trinajstić information content (AvgIpc) is 2.70. The van der Waals surface area contributed by atoms with Crippen molar-refractivity contribution in [3.63, 3.8) is 0 Å². The molecule has 1 aliphatic rings. The first-order chi connectivity index (χ1) is 9.21. The van der Waals surface area contributed by atoms with E-state index in [2.05, 4.69) is 0 Å². The number of nitro benzene ring substituents is 1. The van der Waals surface area contributed by atoms with Crippen LogP contribution in [0.25, 0.3) is 0 Å². The van der Waals surface area contributed by atoms with Crippen LogP contribution >= 0.6 is 0 Å². The predicted molar refractivity (Wildman–Crippen MR) is 66.9 cm³/mol. The van der Waals surface area contributed by atoms with Crippen molar-refractivity contribution in [1.82, 2.24) is 0 Å². The number of nitrogens with two attached hydrogens (primary N) is 1. The normalized spacial score (nSPS) is 19.4. The highest BCUT2D eigenvalue weighted by Crippen LogP contribution is 2.34. The Kier molecular flexibility index (Phi) is 3.44. The molecule has 0 aromatic heterocycles. The molecule has 0 spiro atoms. The molecule has 1 saturated heterocycles. The highest BCUT2D eigenvalue weighted by atomic mass is 32.2. The number of rotatable bonds is 3. The SMILES string of the molecule is NS(=O)(=O)C1CC(=O)N(c2c(F)cccc2[N+](=O)[O-])C1. The topological polar surface area (TPSA) is 124 Å². The van der Waals surface area contributed by atoms with E-state index in [1.54, 1.807) is 0 Å². The summed E-state index contributed by atoms with van der Waals surface area (Å²) in [5, 5.41) is 14.6. The zero-order valence-electron chi connectivity index (χ0n) is 10.0. The summed E-state index contributed by atoms with van der Waals surface area (Å²) in [4.78, 5) is 22.6. The van der Waals surface area contributed by atoms with Gasteiger partial charge < -0.3 is 4.90 Å². The summed E-state index contributed by atoms with van der Waals surface area (Å²) in [6, 6.07) is 3.13. The highest BCUT2D eigenvalue weighted by molar-refractivity contribution is 7.89. The molecule has 1 aromatic rings.